The lowest BCUT2D eigenvalue weighted by Crippen LogP contribution is -2.57. The smallest absolute Gasteiger partial charge is 0.303 e. The minimum absolute atomic E-state index is 0.0599. The second-order valence-corrected chi connectivity index (χ2v) is 11.5. The Balaban J connectivity index is 1.57. The van der Waals surface area contributed by atoms with E-state index in [2.05, 4.69) is 13.8 Å². The number of fused-ring (bicyclic) bond motifs is 5. The van der Waals surface area contributed by atoms with Gasteiger partial charge in [-0.15, -0.1) is 0 Å². The van der Waals surface area contributed by atoms with E-state index in [4.69, 9.17) is 17.7 Å². The van der Waals surface area contributed by atoms with E-state index in [1.165, 1.54) is 25.7 Å². The molecule has 0 bridgehead atoms. The first kappa shape index (κ1) is 20.8. The van der Waals surface area contributed by atoms with Gasteiger partial charge in [0.25, 0.3) is 0 Å². The number of hydrogen-bond donors (Lipinski definition) is 2. The summed E-state index contributed by atoms with van der Waals surface area (Å²) in [5.74, 6) is 2.65. The molecule has 0 saturated heterocycles. The first-order valence-electron chi connectivity index (χ1n) is 11.8. The summed E-state index contributed by atoms with van der Waals surface area (Å²) in [5, 5.41) is 9.08. The number of hydrogen-bond acceptors (Lipinski definition) is 3. The molecule has 0 heterocycles. The van der Waals surface area contributed by atoms with Crippen molar-refractivity contribution in [3.8, 4) is 0 Å². The van der Waals surface area contributed by atoms with Crippen molar-refractivity contribution in [3.05, 3.63) is 0 Å². The SMILES string of the molecule is CCC12CCCCC1C1CCC3(S)C(CCC3[C@H](C)CCC(=O)O)C1C(=O)C2. The molecule has 4 heteroatoms. The average Bonchev–Trinajstić information content (AvgIpc) is 3.03. The third-order valence-corrected chi connectivity index (χ3v) is 10.6. The Morgan fingerprint density at radius 3 is 2.68 bits per heavy atom. The number of ketones is 1. The molecular formula is C24H38O3S. The standard InChI is InChI=1S/C24H38O3S/c1-3-23-12-5-4-6-18(23)16-11-13-24(28)17(15(2)7-10-21(26)27)8-9-19(24)22(16)20(25)14-23/h15-19,22,28H,3-14H2,1-2H3,(H,26,27)/t15-,16?,17?,18?,19?,22?,23?,24?/m1/s1. The predicted molar refractivity (Wildman–Crippen MR) is 114 cm³/mol. The molecule has 4 fully saturated rings. The number of carboxylic acids is 1. The van der Waals surface area contributed by atoms with Gasteiger partial charge < -0.3 is 5.11 Å². The molecule has 0 aromatic heterocycles. The highest BCUT2D eigenvalue weighted by atomic mass is 32.1. The maximum absolute atomic E-state index is 13.5. The molecule has 3 nitrogen and oxygen atoms in total. The van der Waals surface area contributed by atoms with Crippen LogP contribution in [0.1, 0.15) is 90.9 Å². The van der Waals surface area contributed by atoms with Crippen molar-refractivity contribution < 1.29 is 14.7 Å². The fourth-order valence-corrected chi connectivity index (χ4v) is 9.17. The second kappa shape index (κ2) is 7.63. The van der Waals surface area contributed by atoms with E-state index in [0.29, 0.717) is 34.9 Å². The lowest BCUT2D eigenvalue weighted by Gasteiger charge is -2.59. The summed E-state index contributed by atoms with van der Waals surface area (Å²) in [6.45, 7) is 4.53. The van der Waals surface area contributed by atoms with Crippen LogP contribution < -0.4 is 0 Å². The maximum Gasteiger partial charge on any atom is 0.303 e. The van der Waals surface area contributed by atoms with Crippen LogP contribution in [-0.4, -0.2) is 21.6 Å². The van der Waals surface area contributed by atoms with Gasteiger partial charge in [-0.2, -0.15) is 12.6 Å². The number of carbonyl (C=O) groups excluding carboxylic acids is 1. The van der Waals surface area contributed by atoms with Crippen LogP contribution in [0, 0.1) is 40.9 Å². The first-order chi connectivity index (χ1) is 13.3. The molecular weight excluding hydrogens is 368 g/mol. The number of Topliss-reactive ketones (excluding diaryl/α,β-unsaturated/α-hetero) is 1. The molecule has 0 aromatic rings. The fourth-order valence-electron chi connectivity index (χ4n) is 8.36. The topological polar surface area (TPSA) is 54.4 Å². The highest BCUT2D eigenvalue weighted by Gasteiger charge is 2.62. The van der Waals surface area contributed by atoms with Gasteiger partial charge in [0.2, 0.25) is 0 Å². The monoisotopic (exact) mass is 406 g/mol. The van der Waals surface area contributed by atoms with Gasteiger partial charge in [-0.1, -0.05) is 26.7 Å². The van der Waals surface area contributed by atoms with Crippen molar-refractivity contribution >= 4 is 24.4 Å². The Morgan fingerprint density at radius 2 is 1.96 bits per heavy atom. The van der Waals surface area contributed by atoms with Crippen LogP contribution in [0.5, 0.6) is 0 Å². The number of rotatable bonds is 5. The van der Waals surface area contributed by atoms with Crippen LogP contribution in [0.3, 0.4) is 0 Å². The average molecular weight is 407 g/mol. The zero-order valence-corrected chi connectivity index (χ0v) is 18.6. The van der Waals surface area contributed by atoms with Gasteiger partial charge in [-0.05, 0) is 86.4 Å². The Labute approximate surface area is 175 Å². The van der Waals surface area contributed by atoms with Crippen LogP contribution in [-0.2, 0) is 9.59 Å². The van der Waals surface area contributed by atoms with Crippen LogP contribution >= 0.6 is 12.6 Å². The van der Waals surface area contributed by atoms with Crippen molar-refractivity contribution in [2.24, 2.45) is 40.9 Å². The van der Waals surface area contributed by atoms with Crippen molar-refractivity contribution in [1.29, 1.82) is 0 Å². The van der Waals surface area contributed by atoms with Gasteiger partial charge >= 0.3 is 5.97 Å². The fraction of sp³-hybridized carbons (Fsp3) is 0.917. The molecule has 158 valence electrons. The van der Waals surface area contributed by atoms with Gasteiger partial charge in [-0.3, -0.25) is 9.59 Å². The molecule has 1 N–H and O–H groups in total. The minimum atomic E-state index is -0.700. The summed E-state index contributed by atoms with van der Waals surface area (Å²) < 4.78 is -0.0599. The van der Waals surface area contributed by atoms with Crippen LogP contribution in [0.4, 0.5) is 0 Å². The lowest BCUT2D eigenvalue weighted by atomic mass is 9.47. The third kappa shape index (κ3) is 3.17. The normalized spacial score (nSPS) is 46.4. The molecule has 0 amide bonds. The first-order valence-corrected chi connectivity index (χ1v) is 12.2. The summed E-state index contributed by atoms with van der Waals surface area (Å²) in [6, 6.07) is 0. The molecule has 0 radical (unpaired) electrons. The zero-order chi connectivity index (χ0) is 20.1. The van der Waals surface area contributed by atoms with Crippen molar-refractivity contribution in [3.63, 3.8) is 0 Å². The Hall–Kier alpha value is -0.510. The highest BCUT2D eigenvalue weighted by molar-refractivity contribution is 7.81. The van der Waals surface area contributed by atoms with E-state index in [1.54, 1.807) is 0 Å². The summed E-state index contributed by atoms with van der Waals surface area (Å²) in [6.07, 6.45) is 12.7. The van der Waals surface area contributed by atoms with E-state index in [0.717, 1.165) is 50.9 Å². The second-order valence-electron chi connectivity index (χ2n) is 10.6. The quantitative estimate of drug-likeness (QED) is 0.570. The van der Waals surface area contributed by atoms with Gasteiger partial charge in [0.1, 0.15) is 5.78 Å². The van der Waals surface area contributed by atoms with Crippen molar-refractivity contribution in [2.75, 3.05) is 0 Å². The lowest BCUT2D eigenvalue weighted by molar-refractivity contribution is -0.148. The molecule has 4 rings (SSSR count). The Bertz CT molecular complexity index is 633. The van der Waals surface area contributed by atoms with Gasteiger partial charge in [0, 0.05) is 23.5 Å². The van der Waals surface area contributed by atoms with E-state index in [9.17, 15) is 9.59 Å². The molecule has 4 aliphatic carbocycles. The largest absolute Gasteiger partial charge is 0.481 e. The van der Waals surface area contributed by atoms with Crippen LogP contribution in [0.15, 0.2) is 0 Å². The summed E-state index contributed by atoms with van der Waals surface area (Å²) in [7, 11) is 0. The number of carboxylic acid groups (broad SMARTS) is 1. The third-order valence-electron chi connectivity index (χ3n) is 9.69. The highest BCUT2D eigenvalue weighted by Crippen LogP contribution is 2.66. The van der Waals surface area contributed by atoms with Crippen molar-refractivity contribution in [2.45, 2.75) is 95.6 Å². The molecule has 28 heavy (non-hydrogen) atoms. The van der Waals surface area contributed by atoms with Crippen molar-refractivity contribution in [1.82, 2.24) is 0 Å². The van der Waals surface area contributed by atoms with E-state index < -0.39 is 5.97 Å². The minimum Gasteiger partial charge on any atom is -0.481 e. The Morgan fingerprint density at radius 1 is 1.18 bits per heavy atom. The molecule has 7 unspecified atom stereocenters. The molecule has 8 atom stereocenters. The zero-order valence-electron chi connectivity index (χ0n) is 17.7. The van der Waals surface area contributed by atoms with Crippen LogP contribution in [0.2, 0.25) is 0 Å². The Kier molecular flexibility index (Phi) is 5.66. The molecule has 4 saturated carbocycles. The van der Waals surface area contributed by atoms with Crippen LogP contribution in [0.25, 0.3) is 0 Å². The van der Waals surface area contributed by atoms with Gasteiger partial charge in [0.15, 0.2) is 0 Å². The summed E-state index contributed by atoms with van der Waals surface area (Å²) in [5.41, 5.74) is 0.292. The molecule has 0 spiro atoms. The number of aliphatic carboxylic acids is 1. The summed E-state index contributed by atoms with van der Waals surface area (Å²) >= 11 is 5.31. The van der Waals surface area contributed by atoms with E-state index in [1.807, 2.05) is 0 Å². The maximum atomic E-state index is 13.5. The van der Waals surface area contributed by atoms with E-state index >= 15 is 0 Å². The molecule has 4 aliphatic rings. The molecule has 0 aromatic carbocycles. The summed E-state index contributed by atoms with van der Waals surface area (Å²) in [4.78, 5) is 24.6. The molecule has 0 aliphatic heterocycles. The number of carbonyl (C=O) groups is 2. The van der Waals surface area contributed by atoms with Gasteiger partial charge in [-0.25, -0.2) is 0 Å². The number of thiol groups is 1. The van der Waals surface area contributed by atoms with E-state index in [-0.39, 0.29) is 17.1 Å². The van der Waals surface area contributed by atoms with Gasteiger partial charge in [0.05, 0.1) is 0 Å². The predicted octanol–water partition coefficient (Wildman–Crippen LogP) is 5.77.